The second kappa shape index (κ2) is 6.29. The molecule has 8 heteroatoms. The van der Waals surface area contributed by atoms with E-state index in [1.54, 1.807) is 24.3 Å². The maximum absolute atomic E-state index is 12.2. The molecule has 0 radical (unpaired) electrons. The van der Waals surface area contributed by atoms with Gasteiger partial charge in [-0.15, -0.1) is 0 Å². The van der Waals surface area contributed by atoms with Crippen LogP contribution in [0.3, 0.4) is 0 Å². The molecule has 118 valence electrons. The van der Waals surface area contributed by atoms with Crippen LogP contribution in [-0.2, 0) is 10.0 Å². The fraction of sp³-hybridized carbons (Fsp3) is 0.286. The molecule has 0 spiro atoms. The van der Waals surface area contributed by atoms with Crippen molar-refractivity contribution in [3.05, 3.63) is 46.2 Å². The van der Waals surface area contributed by atoms with Gasteiger partial charge >= 0.3 is 0 Å². The first-order valence-corrected chi connectivity index (χ1v) is 8.45. The highest BCUT2D eigenvalue weighted by Gasteiger charge is 2.13. The number of sulfonamides is 1. The predicted molar refractivity (Wildman–Crippen MR) is 84.4 cm³/mol. The minimum Gasteiger partial charge on any atom is -0.351 e. The van der Waals surface area contributed by atoms with E-state index >= 15 is 0 Å². The summed E-state index contributed by atoms with van der Waals surface area (Å²) in [6.07, 6.45) is 1.10. The maximum Gasteiger partial charge on any atom is 0.252 e. The first-order chi connectivity index (χ1) is 10.3. The molecule has 0 aliphatic rings. The number of carbonyl (C=O) groups excluding carboxylic acids is 1. The van der Waals surface area contributed by atoms with Crippen molar-refractivity contribution in [2.45, 2.75) is 0 Å². The summed E-state index contributed by atoms with van der Waals surface area (Å²) < 4.78 is 23.7. The number of pyridine rings is 1. The standard InChI is InChI=1S/C14H17N3O4S/c1-17(22(2,20)21)8-7-15-14(19)11-9-13(18)16-12-6-4-3-5-10(11)12/h3-6,9H,7-8H2,1-2H3,(H,15,19)(H,16,18). The third-order valence-corrected chi connectivity index (χ3v) is 4.59. The van der Waals surface area contributed by atoms with Gasteiger partial charge in [-0.3, -0.25) is 9.59 Å². The zero-order chi connectivity index (χ0) is 16.3. The molecule has 0 saturated heterocycles. The molecule has 1 aromatic carbocycles. The van der Waals surface area contributed by atoms with Gasteiger partial charge in [-0.1, -0.05) is 18.2 Å². The average Bonchev–Trinajstić information content (AvgIpc) is 2.45. The molecular formula is C14H17N3O4S. The van der Waals surface area contributed by atoms with E-state index in [4.69, 9.17) is 0 Å². The lowest BCUT2D eigenvalue weighted by molar-refractivity contribution is 0.0953. The Balaban J connectivity index is 2.15. The third-order valence-electron chi connectivity index (χ3n) is 3.27. The van der Waals surface area contributed by atoms with Gasteiger partial charge in [0.15, 0.2) is 0 Å². The van der Waals surface area contributed by atoms with Gasteiger partial charge in [-0.2, -0.15) is 0 Å². The smallest absolute Gasteiger partial charge is 0.252 e. The Morgan fingerprint density at radius 2 is 2.00 bits per heavy atom. The van der Waals surface area contributed by atoms with Crippen molar-refractivity contribution in [1.82, 2.24) is 14.6 Å². The van der Waals surface area contributed by atoms with Crippen LogP contribution in [0.25, 0.3) is 10.9 Å². The number of nitrogens with one attached hydrogen (secondary N) is 2. The summed E-state index contributed by atoms with van der Waals surface area (Å²) in [4.78, 5) is 26.5. The Kier molecular flexibility index (Phi) is 4.62. The molecule has 2 rings (SSSR count). The number of hydrogen-bond acceptors (Lipinski definition) is 4. The van der Waals surface area contributed by atoms with Gasteiger partial charge in [0, 0.05) is 37.1 Å². The van der Waals surface area contributed by atoms with Crippen molar-refractivity contribution in [2.75, 3.05) is 26.4 Å². The lowest BCUT2D eigenvalue weighted by atomic mass is 10.1. The van der Waals surface area contributed by atoms with Crippen molar-refractivity contribution in [1.29, 1.82) is 0 Å². The number of nitrogens with zero attached hydrogens (tertiary/aromatic N) is 1. The van der Waals surface area contributed by atoms with Crippen LogP contribution in [0, 0.1) is 0 Å². The molecule has 0 unspecified atom stereocenters. The van der Waals surface area contributed by atoms with Crippen LogP contribution in [0.2, 0.25) is 0 Å². The topological polar surface area (TPSA) is 99.3 Å². The van der Waals surface area contributed by atoms with Crippen molar-refractivity contribution in [3.8, 4) is 0 Å². The van der Waals surface area contributed by atoms with Gasteiger partial charge < -0.3 is 10.3 Å². The van der Waals surface area contributed by atoms with E-state index < -0.39 is 15.9 Å². The summed E-state index contributed by atoms with van der Waals surface area (Å²) >= 11 is 0. The van der Waals surface area contributed by atoms with E-state index in [0.29, 0.717) is 10.9 Å². The van der Waals surface area contributed by atoms with E-state index in [9.17, 15) is 18.0 Å². The number of H-pyrrole nitrogens is 1. The number of likely N-dealkylation sites (N-methyl/N-ethyl adjacent to an activating group) is 1. The molecule has 1 amide bonds. The van der Waals surface area contributed by atoms with Crippen LogP contribution in [0.15, 0.2) is 35.1 Å². The normalized spacial score (nSPS) is 11.8. The maximum atomic E-state index is 12.2. The molecule has 7 nitrogen and oxygen atoms in total. The quantitative estimate of drug-likeness (QED) is 0.818. The van der Waals surface area contributed by atoms with E-state index in [0.717, 1.165) is 10.6 Å². The van der Waals surface area contributed by atoms with Crippen molar-refractivity contribution < 1.29 is 13.2 Å². The second-order valence-corrected chi connectivity index (χ2v) is 7.02. The predicted octanol–water partition coefficient (Wildman–Crippen LogP) is 0.149. The van der Waals surface area contributed by atoms with Crippen LogP contribution in [0.1, 0.15) is 10.4 Å². The van der Waals surface area contributed by atoms with E-state index in [2.05, 4.69) is 10.3 Å². The van der Waals surface area contributed by atoms with E-state index in [1.165, 1.54) is 13.1 Å². The molecule has 0 aliphatic carbocycles. The summed E-state index contributed by atoms with van der Waals surface area (Å²) in [5.41, 5.74) is 0.479. The largest absolute Gasteiger partial charge is 0.351 e. The number of amides is 1. The lowest BCUT2D eigenvalue weighted by Gasteiger charge is -2.14. The zero-order valence-electron chi connectivity index (χ0n) is 12.3. The minimum absolute atomic E-state index is 0.156. The van der Waals surface area contributed by atoms with Gasteiger partial charge in [-0.25, -0.2) is 12.7 Å². The molecule has 0 aliphatic heterocycles. The molecule has 0 saturated carbocycles. The molecule has 1 heterocycles. The molecule has 22 heavy (non-hydrogen) atoms. The summed E-state index contributed by atoms with van der Waals surface area (Å²) in [6, 6.07) is 8.22. The van der Waals surface area contributed by atoms with Crippen molar-refractivity contribution in [3.63, 3.8) is 0 Å². The molecule has 1 aromatic heterocycles. The Labute approximate surface area is 128 Å². The monoisotopic (exact) mass is 323 g/mol. The number of hydrogen-bond donors (Lipinski definition) is 2. The summed E-state index contributed by atoms with van der Waals surface area (Å²) in [5, 5.41) is 3.26. The van der Waals surface area contributed by atoms with Crippen molar-refractivity contribution in [2.24, 2.45) is 0 Å². The number of para-hydroxylation sites is 1. The average molecular weight is 323 g/mol. The van der Waals surface area contributed by atoms with Gasteiger partial charge in [-0.05, 0) is 6.07 Å². The molecular weight excluding hydrogens is 306 g/mol. The van der Waals surface area contributed by atoms with Crippen LogP contribution >= 0.6 is 0 Å². The second-order valence-electron chi connectivity index (χ2n) is 4.93. The number of fused-ring (bicyclic) bond motifs is 1. The van der Waals surface area contributed by atoms with Gasteiger partial charge in [0.25, 0.3) is 5.91 Å². The number of benzene rings is 1. The zero-order valence-corrected chi connectivity index (χ0v) is 13.1. The molecule has 0 atom stereocenters. The highest BCUT2D eigenvalue weighted by Crippen LogP contribution is 2.14. The highest BCUT2D eigenvalue weighted by molar-refractivity contribution is 7.88. The van der Waals surface area contributed by atoms with Gasteiger partial charge in [0.1, 0.15) is 0 Å². The third kappa shape index (κ3) is 3.71. The number of aromatic amines is 1. The first kappa shape index (κ1) is 16.2. The highest BCUT2D eigenvalue weighted by atomic mass is 32.2. The van der Waals surface area contributed by atoms with Crippen LogP contribution in [-0.4, -0.2) is 50.0 Å². The summed E-state index contributed by atoms with van der Waals surface area (Å²) in [6.45, 7) is 0.315. The van der Waals surface area contributed by atoms with E-state index in [1.807, 2.05) is 0 Å². The SMILES string of the molecule is CN(CCNC(=O)c1cc(=O)[nH]c2ccccc12)S(C)(=O)=O. The Morgan fingerprint density at radius 3 is 2.68 bits per heavy atom. The molecule has 0 bridgehead atoms. The summed E-state index contributed by atoms with van der Waals surface area (Å²) in [5.74, 6) is -0.413. The van der Waals surface area contributed by atoms with Crippen LogP contribution in [0.5, 0.6) is 0 Å². The Hall–Kier alpha value is -2.19. The fourth-order valence-corrected chi connectivity index (χ4v) is 2.40. The van der Waals surface area contributed by atoms with Crippen LogP contribution < -0.4 is 10.9 Å². The first-order valence-electron chi connectivity index (χ1n) is 6.60. The minimum atomic E-state index is -3.28. The van der Waals surface area contributed by atoms with Gasteiger partial charge in [0.2, 0.25) is 15.6 Å². The molecule has 0 fully saturated rings. The van der Waals surface area contributed by atoms with Gasteiger partial charge in [0.05, 0.1) is 11.8 Å². The summed E-state index contributed by atoms with van der Waals surface area (Å²) in [7, 11) is -1.85. The molecule has 2 N–H and O–H groups in total. The Morgan fingerprint density at radius 1 is 1.32 bits per heavy atom. The van der Waals surface area contributed by atoms with Crippen LogP contribution in [0.4, 0.5) is 0 Å². The number of aromatic nitrogens is 1. The fourth-order valence-electron chi connectivity index (χ4n) is 1.98. The lowest BCUT2D eigenvalue weighted by Crippen LogP contribution is -2.36. The molecule has 2 aromatic rings. The van der Waals surface area contributed by atoms with E-state index in [-0.39, 0.29) is 24.2 Å². The number of carbonyl (C=O) groups is 1. The Bertz CT molecular complexity index is 858. The number of rotatable bonds is 5. The van der Waals surface area contributed by atoms with Crippen molar-refractivity contribution >= 4 is 26.8 Å².